The Morgan fingerprint density at radius 1 is 1.03 bits per heavy atom. The van der Waals surface area contributed by atoms with Crippen LogP contribution in [0.2, 0.25) is 0 Å². The first-order valence-electron chi connectivity index (χ1n) is 11.5. The predicted molar refractivity (Wildman–Crippen MR) is 124 cm³/mol. The first kappa shape index (κ1) is 21.1. The molecular formula is C27H28O5. The highest BCUT2D eigenvalue weighted by atomic mass is 16.8. The van der Waals surface area contributed by atoms with E-state index in [0.717, 1.165) is 42.0 Å². The number of hydrogen-bond acceptors (Lipinski definition) is 5. The van der Waals surface area contributed by atoms with Crippen LogP contribution in [0, 0.1) is 0 Å². The third-order valence-corrected chi connectivity index (χ3v) is 6.76. The smallest absolute Gasteiger partial charge is 0.313 e. The molecule has 2 fully saturated rings. The fourth-order valence-electron chi connectivity index (χ4n) is 4.86. The number of carbonyl (C=O) groups excluding carboxylic acids is 1. The van der Waals surface area contributed by atoms with Gasteiger partial charge in [-0.05, 0) is 36.1 Å². The van der Waals surface area contributed by atoms with E-state index in [1.165, 1.54) is 6.42 Å². The maximum absolute atomic E-state index is 13.0. The lowest BCUT2D eigenvalue weighted by Crippen LogP contribution is -2.34. The van der Waals surface area contributed by atoms with Crippen molar-refractivity contribution in [1.82, 2.24) is 0 Å². The van der Waals surface area contributed by atoms with Crippen molar-refractivity contribution in [2.45, 2.75) is 56.8 Å². The summed E-state index contributed by atoms with van der Waals surface area (Å²) in [6.45, 7) is 2.49. The Hall–Kier alpha value is -2.76. The molecular weight excluding hydrogens is 404 g/mol. The van der Waals surface area contributed by atoms with Gasteiger partial charge in [-0.3, -0.25) is 9.59 Å². The molecule has 1 saturated carbocycles. The van der Waals surface area contributed by atoms with Crippen LogP contribution in [0.5, 0.6) is 0 Å². The number of ether oxygens (including phenoxy) is 3. The third-order valence-electron chi connectivity index (χ3n) is 6.76. The Kier molecular flexibility index (Phi) is 5.70. The second kappa shape index (κ2) is 8.64. The van der Waals surface area contributed by atoms with E-state index < -0.39 is 11.7 Å². The van der Waals surface area contributed by atoms with Crippen LogP contribution in [-0.2, 0) is 19.0 Å². The summed E-state index contributed by atoms with van der Waals surface area (Å²) in [7, 11) is 0. The fraction of sp³-hybridized carbons (Fsp3) is 0.407. The van der Waals surface area contributed by atoms with Crippen LogP contribution in [0.1, 0.15) is 50.5 Å². The van der Waals surface area contributed by atoms with Crippen LogP contribution < -0.4 is 5.43 Å². The molecule has 166 valence electrons. The van der Waals surface area contributed by atoms with Crippen LogP contribution >= 0.6 is 0 Å². The molecule has 3 aromatic carbocycles. The Morgan fingerprint density at radius 3 is 2.62 bits per heavy atom. The van der Waals surface area contributed by atoms with Gasteiger partial charge in [0.2, 0.25) is 0 Å². The molecule has 2 unspecified atom stereocenters. The van der Waals surface area contributed by atoms with Crippen LogP contribution in [0.25, 0.3) is 21.5 Å². The van der Waals surface area contributed by atoms with E-state index in [2.05, 4.69) is 0 Å². The van der Waals surface area contributed by atoms with Crippen LogP contribution in [0.3, 0.4) is 0 Å². The SMILES string of the molecule is CC(C(=O)OCC1COC2(CCCCC2)O1)c1ccc2c(=O)c3ccccc3ccc2c1. The number of rotatable bonds is 4. The summed E-state index contributed by atoms with van der Waals surface area (Å²) >= 11 is 0. The number of benzene rings is 2. The number of carbonyl (C=O) groups is 1. The maximum atomic E-state index is 13.0. The van der Waals surface area contributed by atoms with Gasteiger partial charge in [-0.25, -0.2) is 0 Å². The van der Waals surface area contributed by atoms with E-state index in [1.54, 1.807) is 0 Å². The lowest BCUT2D eigenvalue weighted by atomic mass is 9.94. The molecule has 1 saturated heterocycles. The van der Waals surface area contributed by atoms with Gasteiger partial charge in [0.25, 0.3) is 0 Å². The molecule has 0 N–H and O–H groups in total. The average molecular weight is 433 g/mol. The molecule has 32 heavy (non-hydrogen) atoms. The van der Waals surface area contributed by atoms with Crippen molar-refractivity contribution in [2.75, 3.05) is 13.2 Å². The molecule has 1 aliphatic heterocycles. The first-order chi connectivity index (χ1) is 15.5. The van der Waals surface area contributed by atoms with Gasteiger partial charge in [-0.2, -0.15) is 0 Å². The Bertz CT molecular complexity index is 1210. The quantitative estimate of drug-likeness (QED) is 0.538. The van der Waals surface area contributed by atoms with Gasteiger partial charge in [0.1, 0.15) is 12.7 Å². The Labute approximate surface area is 187 Å². The van der Waals surface area contributed by atoms with Gasteiger partial charge in [-0.15, -0.1) is 0 Å². The first-order valence-corrected chi connectivity index (χ1v) is 11.5. The van der Waals surface area contributed by atoms with Crippen molar-refractivity contribution in [1.29, 1.82) is 0 Å². The second-order valence-electron chi connectivity index (χ2n) is 8.97. The highest BCUT2D eigenvalue weighted by Crippen LogP contribution is 2.37. The molecule has 2 aliphatic rings. The van der Waals surface area contributed by atoms with Crippen molar-refractivity contribution in [3.63, 3.8) is 0 Å². The molecule has 1 heterocycles. The highest BCUT2D eigenvalue weighted by molar-refractivity contribution is 5.94. The highest BCUT2D eigenvalue weighted by Gasteiger charge is 2.42. The summed E-state index contributed by atoms with van der Waals surface area (Å²) in [5.74, 6) is -1.21. The zero-order valence-corrected chi connectivity index (χ0v) is 18.3. The maximum Gasteiger partial charge on any atom is 0.313 e. The van der Waals surface area contributed by atoms with Crippen LogP contribution in [-0.4, -0.2) is 31.1 Å². The lowest BCUT2D eigenvalue weighted by Gasteiger charge is -2.31. The van der Waals surface area contributed by atoms with Gasteiger partial charge >= 0.3 is 5.97 Å². The minimum Gasteiger partial charge on any atom is -0.462 e. The Morgan fingerprint density at radius 2 is 1.78 bits per heavy atom. The Balaban J connectivity index is 1.30. The molecule has 1 spiro atoms. The molecule has 5 nitrogen and oxygen atoms in total. The third kappa shape index (κ3) is 4.03. The number of esters is 1. The summed E-state index contributed by atoms with van der Waals surface area (Å²) in [5, 5.41) is 3.05. The van der Waals surface area contributed by atoms with Crippen molar-refractivity contribution in [3.8, 4) is 0 Å². The molecule has 1 aliphatic carbocycles. The molecule has 0 amide bonds. The van der Waals surface area contributed by atoms with E-state index in [4.69, 9.17) is 14.2 Å². The van der Waals surface area contributed by atoms with E-state index >= 15 is 0 Å². The van der Waals surface area contributed by atoms with Crippen molar-refractivity contribution >= 4 is 27.5 Å². The van der Waals surface area contributed by atoms with Crippen molar-refractivity contribution < 1.29 is 19.0 Å². The molecule has 3 aromatic rings. The number of fused-ring (bicyclic) bond motifs is 2. The molecule has 5 heteroatoms. The monoisotopic (exact) mass is 432 g/mol. The largest absolute Gasteiger partial charge is 0.462 e. The summed E-state index contributed by atoms with van der Waals surface area (Å²) in [4.78, 5) is 25.7. The molecule has 2 atom stereocenters. The van der Waals surface area contributed by atoms with E-state index in [1.807, 2.05) is 61.5 Å². The normalized spacial score (nSPS) is 21.1. The average Bonchev–Trinajstić information content (AvgIpc) is 3.15. The van der Waals surface area contributed by atoms with Gasteiger partial charge < -0.3 is 14.2 Å². The predicted octanol–water partition coefficient (Wildman–Crippen LogP) is 5.08. The summed E-state index contributed by atoms with van der Waals surface area (Å²) in [6, 6.07) is 17.0. The van der Waals surface area contributed by atoms with Crippen molar-refractivity contribution in [2.24, 2.45) is 0 Å². The molecule has 5 rings (SSSR count). The van der Waals surface area contributed by atoms with Gasteiger partial charge in [0.15, 0.2) is 11.2 Å². The van der Waals surface area contributed by atoms with Gasteiger partial charge in [0, 0.05) is 23.6 Å². The fourth-order valence-corrected chi connectivity index (χ4v) is 4.86. The van der Waals surface area contributed by atoms with Gasteiger partial charge in [0.05, 0.1) is 12.5 Å². The van der Waals surface area contributed by atoms with Crippen molar-refractivity contribution in [3.05, 3.63) is 70.4 Å². The topological polar surface area (TPSA) is 61.8 Å². The summed E-state index contributed by atoms with van der Waals surface area (Å²) in [5.41, 5.74) is 0.821. The molecule has 0 radical (unpaired) electrons. The van der Waals surface area contributed by atoms with Crippen LogP contribution in [0.4, 0.5) is 0 Å². The zero-order chi connectivity index (χ0) is 22.1. The molecule has 0 aromatic heterocycles. The summed E-state index contributed by atoms with van der Waals surface area (Å²) in [6.07, 6.45) is 5.07. The lowest BCUT2D eigenvalue weighted by molar-refractivity contribution is -0.192. The van der Waals surface area contributed by atoms with Gasteiger partial charge in [-0.1, -0.05) is 61.0 Å². The standard InChI is InChI=1S/C27H28O5/c1-18(26(29)30-16-22-17-31-27(32-22)13-5-2-6-14-27)20-11-12-24-21(15-20)10-9-19-7-3-4-8-23(19)25(24)28/h3-4,7-12,15,18,22H,2,5-6,13-14,16-17H2,1H3. The van der Waals surface area contributed by atoms with Crippen LogP contribution in [0.15, 0.2) is 59.4 Å². The van der Waals surface area contributed by atoms with E-state index in [9.17, 15) is 9.59 Å². The summed E-state index contributed by atoms with van der Waals surface area (Å²) < 4.78 is 17.6. The van der Waals surface area contributed by atoms with E-state index in [-0.39, 0.29) is 24.1 Å². The second-order valence-corrected chi connectivity index (χ2v) is 8.97. The minimum atomic E-state index is -0.464. The number of hydrogen-bond donors (Lipinski definition) is 0. The van der Waals surface area contributed by atoms with E-state index in [0.29, 0.717) is 17.4 Å². The zero-order valence-electron chi connectivity index (χ0n) is 18.3. The molecule has 0 bridgehead atoms. The minimum absolute atomic E-state index is 0.00240.